The van der Waals surface area contributed by atoms with Crippen molar-refractivity contribution in [3.63, 3.8) is 0 Å². The highest BCUT2D eigenvalue weighted by Crippen LogP contribution is 2.17. The van der Waals surface area contributed by atoms with Gasteiger partial charge in [-0.2, -0.15) is 0 Å². The first-order chi connectivity index (χ1) is 11.7. The van der Waals surface area contributed by atoms with E-state index in [2.05, 4.69) is 56.3 Å². The number of nitrogens with two attached hydrogens (primary N) is 1. The number of pyridine rings is 1. The van der Waals surface area contributed by atoms with Gasteiger partial charge in [0.1, 0.15) is 0 Å². The summed E-state index contributed by atoms with van der Waals surface area (Å²) < 4.78 is 1.12. The lowest BCUT2D eigenvalue weighted by Gasteiger charge is -2.13. The van der Waals surface area contributed by atoms with Crippen LogP contribution in [0, 0.1) is 5.92 Å². The summed E-state index contributed by atoms with van der Waals surface area (Å²) in [5.41, 5.74) is 8.35. The molecule has 1 aromatic heterocycles. The number of benzene rings is 1. The van der Waals surface area contributed by atoms with Crippen LogP contribution in [0.15, 0.2) is 58.1 Å². The molecule has 2 rings (SSSR count). The Hall–Kier alpha value is -1.15. The van der Waals surface area contributed by atoms with E-state index >= 15 is 0 Å². The fraction of sp³-hybridized carbons (Fsp3) is 0.368. The molecule has 0 saturated heterocycles. The van der Waals surface area contributed by atoms with Crippen molar-refractivity contribution < 1.29 is 0 Å². The van der Waals surface area contributed by atoms with E-state index in [1.165, 1.54) is 5.56 Å². The molecule has 1 aromatic carbocycles. The lowest BCUT2D eigenvalue weighted by molar-refractivity contribution is 0.518. The molecule has 25 heavy (non-hydrogen) atoms. The second-order valence-electron chi connectivity index (χ2n) is 5.83. The highest BCUT2D eigenvalue weighted by molar-refractivity contribution is 14.0. The van der Waals surface area contributed by atoms with Gasteiger partial charge in [-0.05, 0) is 42.2 Å². The van der Waals surface area contributed by atoms with E-state index in [0.717, 1.165) is 42.5 Å². The Morgan fingerprint density at radius 2 is 2.12 bits per heavy atom. The molecule has 0 amide bonds. The minimum Gasteiger partial charge on any atom is -0.370 e. The molecule has 2 aromatic rings. The Balaban J connectivity index is 0.00000312. The molecule has 0 aliphatic heterocycles. The van der Waals surface area contributed by atoms with Crippen LogP contribution >= 0.6 is 39.9 Å². The molecule has 4 nitrogen and oxygen atoms in total. The molecule has 0 spiro atoms. The minimum absolute atomic E-state index is 0. The Morgan fingerprint density at radius 3 is 2.80 bits per heavy atom. The van der Waals surface area contributed by atoms with Crippen molar-refractivity contribution in [3.05, 3.63) is 64.4 Å². The van der Waals surface area contributed by atoms with E-state index in [9.17, 15) is 0 Å². The van der Waals surface area contributed by atoms with Crippen LogP contribution in [0.25, 0.3) is 0 Å². The standard InChI is InChI=1S/C19H25BrN4.HI/c1-2-15(12-16-6-5-7-17(20)13-16)14-24-19(21)23-11-9-18-8-3-4-10-22-18;/h3-8,10,13,15H,2,9,11-12,14H2,1H3,(H3,21,23,24);1H. The number of hydrogen-bond acceptors (Lipinski definition) is 2. The smallest absolute Gasteiger partial charge is 0.188 e. The number of aliphatic imine (C=N–C) groups is 1. The van der Waals surface area contributed by atoms with Gasteiger partial charge in [0.05, 0.1) is 0 Å². The van der Waals surface area contributed by atoms with Crippen molar-refractivity contribution >= 4 is 45.9 Å². The highest BCUT2D eigenvalue weighted by Gasteiger charge is 2.07. The van der Waals surface area contributed by atoms with E-state index in [-0.39, 0.29) is 24.0 Å². The molecule has 0 aliphatic carbocycles. The van der Waals surface area contributed by atoms with Crippen molar-refractivity contribution in [1.29, 1.82) is 0 Å². The van der Waals surface area contributed by atoms with Crippen molar-refractivity contribution in [2.75, 3.05) is 13.1 Å². The van der Waals surface area contributed by atoms with E-state index in [4.69, 9.17) is 5.73 Å². The summed E-state index contributed by atoms with van der Waals surface area (Å²) in [5, 5.41) is 3.16. The first-order valence-electron chi connectivity index (χ1n) is 8.35. The molecule has 0 radical (unpaired) electrons. The molecular weight excluding hydrogens is 491 g/mol. The summed E-state index contributed by atoms with van der Waals surface area (Å²) in [5.74, 6) is 1.01. The number of halogens is 2. The number of rotatable bonds is 8. The van der Waals surface area contributed by atoms with Gasteiger partial charge in [0, 0.05) is 35.9 Å². The third kappa shape index (κ3) is 8.67. The predicted octanol–water partition coefficient (Wildman–Crippen LogP) is 4.18. The zero-order valence-electron chi connectivity index (χ0n) is 14.5. The van der Waals surface area contributed by atoms with Gasteiger partial charge in [0.2, 0.25) is 0 Å². The predicted molar refractivity (Wildman–Crippen MR) is 119 cm³/mol. The van der Waals surface area contributed by atoms with Crippen LogP contribution in [-0.4, -0.2) is 24.0 Å². The van der Waals surface area contributed by atoms with Gasteiger partial charge in [-0.3, -0.25) is 9.98 Å². The molecule has 1 unspecified atom stereocenters. The Bertz CT molecular complexity index is 649. The summed E-state index contributed by atoms with van der Waals surface area (Å²) in [6, 6.07) is 14.4. The monoisotopic (exact) mass is 516 g/mol. The Labute approximate surface area is 175 Å². The minimum atomic E-state index is 0. The number of guanidine groups is 1. The number of hydrogen-bond donors (Lipinski definition) is 2. The Morgan fingerprint density at radius 1 is 1.28 bits per heavy atom. The largest absolute Gasteiger partial charge is 0.370 e. The van der Waals surface area contributed by atoms with Gasteiger partial charge >= 0.3 is 0 Å². The van der Waals surface area contributed by atoms with Crippen LogP contribution in [0.5, 0.6) is 0 Å². The average Bonchev–Trinajstić information content (AvgIpc) is 2.59. The first-order valence-corrected chi connectivity index (χ1v) is 9.14. The van der Waals surface area contributed by atoms with Crippen LogP contribution in [0.3, 0.4) is 0 Å². The summed E-state index contributed by atoms with van der Waals surface area (Å²) in [4.78, 5) is 8.79. The average molecular weight is 517 g/mol. The van der Waals surface area contributed by atoms with Crippen molar-refractivity contribution in [2.45, 2.75) is 26.2 Å². The zero-order chi connectivity index (χ0) is 17.2. The van der Waals surface area contributed by atoms with Gasteiger partial charge in [-0.1, -0.05) is 47.5 Å². The number of nitrogens with zero attached hydrogens (tertiary/aromatic N) is 2. The van der Waals surface area contributed by atoms with Gasteiger partial charge in [0.15, 0.2) is 5.96 Å². The summed E-state index contributed by atoms with van der Waals surface area (Å²) in [7, 11) is 0. The van der Waals surface area contributed by atoms with Crippen LogP contribution < -0.4 is 11.1 Å². The van der Waals surface area contributed by atoms with Crippen molar-refractivity contribution in [1.82, 2.24) is 10.3 Å². The first kappa shape index (κ1) is 21.9. The molecule has 0 fully saturated rings. The SMILES string of the molecule is CCC(CN=C(N)NCCc1ccccn1)Cc1cccc(Br)c1.I. The molecule has 1 atom stereocenters. The zero-order valence-corrected chi connectivity index (χ0v) is 18.4. The van der Waals surface area contributed by atoms with E-state index < -0.39 is 0 Å². The van der Waals surface area contributed by atoms with Crippen molar-refractivity contribution in [3.8, 4) is 0 Å². The summed E-state index contributed by atoms with van der Waals surface area (Å²) in [6.45, 7) is 3.68. The maximum Gasteiger partial charge on any atom is 0.188 e. The van der Waals surface area contributed by atoms with E-state index in [1.54, 1.807) is 6.20 Å². The quantitative estimate of drug-likeness (QED) is 0.314. The van der Waals surface area contributed by atoms with E-state index in [0.29, 0.717) is 11.9 Å². The third-order valence-electron chi connectivity index (χ3n) is 3.92. The maximum atomic E-state index is 5.97. The Kier molecular flexibility index (Phi) is 10.7. The van der Waals surface area contributed by atoms with Crippen molar-refractivity contribution in [2.24, 2.45) is 16.6 Å². The van der Waals surface area contributed by atoms with E-state index in [1.807, 2.05) is 24.3 Å². The lowest BCUT2D eigenvalue weighted by atomic mass is 9.97. The summed E-state index contributed by atoms with van der Waals surface area (Å²) in [6.07, 6.45) is 4.74. The third-order valence-corrected chi connectivity index (χ3v) is 4.42. The van der Waals surface area contributed by atoms with Crippen LogP contribution in [-0.2, 0) is 12.8 Å². The van der Waals surface area contributed by atoms with Gasteiger partial charge in [0.25, 0.3) is 0 Å². The molecule has 3 N–H and O–H groups in total. The molecule has 0 aliphatic rings. The fourth-order valence-electron chi connectivity index (χ4n) is 2.48. The normalized spacial score (nSPS) is 12.3. The maximum absolute atomic E-state index is 5.97. The molecular formula is C19H26BrIN4. The molecule has 1 heterocycles. The topological polar surface area (TPSA) is 63.3 Å². The number of nitrogens with one attached hydrogen (secondary N) is 1. The number of aromatic nitrogens is 1. The highest BCUT2D eigenvalue weighted by atomic mass is 127. The molecule has 0 saturated carbocycles. The fourth-order valence-corrected chi connectivity index (χ4v) is 2.93. The lowest BCUT2D eigenvalue weighted by Crippen LogP contribution is -2.34. The second kappa shape index (κ2) is 12.2. The molecule has 6 heteroatoms. The van der Waals surface area contributed by atoms with Crippen LogP contribution in [0.2, 0.25) is 0 Å². The molecule has 136 valence electrons. The summed E-state index contributed by atoms with van der Waals surface area (Å²) >= 11 is 3.52. The van der Waals surface area contributed by atoms with Gasteiger partial charge < -0.3 is 11.1 Å². The van der Waals surface area contributed by atoms with Crippen LogP contribution in [0.4, 0.5) is 0 Å². The molecule has 0 bridgehead atoms. The van der Waals surface area contributed by atoms with Crippen LogP contribution in [0.1, 0.15) is 24.6 Å². The second-order valence-corrected chi connectivity index (χ2v) is 6.75. The van der Waals surface area contributed by atoms with Gasteiger partial charge in [-0.15, -0.1) is 24.0 Å². The van der Waals surface area contributed by atoms with Gasteiger partial charge in [-0.25, -0.2) is 0 Å².